The van der Waals surface area contributed by atoms with Crippen molar-refractivity contribution in [3.63, 3.8) is 0 Å². The van der Waals surface area contributed by atoms with Gasteiger partial charge >= 0.3 is 12.1 Å². The van der Waals surface area contributed by atoms with E-state index in [1.165, 1.54) is 32.1 Å². The van der Waals surface area contributed by atoms with Crippen LogP contribution in [0.3, 0.4) is 0 Å². The summed E-state index contributed by atoms with van der Waals surface area (Å²) in [5.74, 6) is -0.0770. The summed E-state index contributed by atoms with van der Waals surface area (Å²) in [5, 5.41) is 0. The van der Waals surface area contributed by atoms with E-state index in [-0.39, 0.29) is 18.0 Å². The van der Waals surface area contributed by atoms with Gasteiger partial charge in [-0.15, -0.1) is 0 Å². The van der Waals surface area contributed by atoms with E-state index in [9.17, 15) is 9.59 Å². The summed E-state index contributed by atoms with van der Waals surface area (Å²) in [7, 11) is 0. The van der Waals surface area contributed by atoms with Crippen molar-refractivity contribution in [1.82, 2.24) is 4.90 Å². The molecule has 1 heterocycles. The van der Waals surface area contributed by atoms with Crippen LogP contribution < -0.4 is 0 Å². The number of hydrogen-bond donors (Lipinski definition) is 0. The molecule has 0 saturated carbocycles. The summed E-state index contributed by atoms with van der Waals surface area (Å²) in [5.41, 5.74) is -0.525. The lowest BCUT2D eigenvalue weighted by Gasteiger charge is -2.37. The quantitative estimate of drug-likeness (QED) is 0.415. The Kier molecular flexibility index (Phi) is 10.0. The maximum absolute atomic E-state index is 12.5. The van der Waals surface area contributed by atoms with Crippen LogP contribution in [-0.4, -0.2) is 42.3 Å². The normalized spacial score (nSPS) is 20.7. The number of hydrogen-bond acceptors (Lipinski definition) is 4. The summed E-state index contributed by atoms with van der Waals surface area (Å²) >= 11 is 0. The second-order valence-electron chi connectivity index (χ2n) is 8.49. The molecule has 0 bridgehead atoms. The third-order valence-electron chi connectivity index (χ3n) is 4.77. The zero-order valence-corrected chi connectivity index (χ0v) is 17.5. The van der Waals surface area contributed by atoms with Crippen LogP contribution in [0.5, 0.6) is 0 Å². The molecule has 0 spiro atoms. The first-order valence-corrected chi connectivity index (χ1v) is 10.4. The summed E-state index contributed by atoms with van der Waals surface area (Å²) in [6.45, 7) is 11.1. The minimum atomic E-state index is -0.525. The number of nitrogens with zero attached hydrogens (tertiary/aromatic N) is 1. The molecule has 1 rings (SSSR count). The Morgan fingerprint density at radius 3 is 2.27 bits per heavy atom. The van der Waals surface area contributed by atoms with E-state index in [1.807, 2.05) is 27.7 Å². The Bertz CT molecular complexity index is 430. The van der Waals surface area contributed by atoms with E-state index in [0.29, 0.717) is 25.6 Å². The van der Waals surface area contributed by atoms with Crippen molar-refractivity contribution in [3.05, 3.63) is 0 Å². The first-order valence-electron chi connectivity index (χ1n) is 10.4. The fraction of sp³-hybridized carbons (Fsp3) is 0.905. The highest BCUT2D eigenvalue weighted by Crippen LogP contribution is 2.28. The van der Waals surface area contributed by atoms with E-state index in [4.69, 9.17) is 9.47 Å². The molecule has 1 aliphatic heterocycles. The predicted molar refractivity (Wildman–Crippen MR) is 104 cm³/mol. The molecule has 0 aromatic heterocycles. The first-order chi connectivity index (χ1) is 12.3. The standard InChI is InChI=1S/C21H39NO4/c1-6-8-9-10-11-12-13-17-14-18(19(23)25-7-2)16-22(15-17)20(24)26-21(3,4)5/h17-18H,6-16H2,1-5H3. The summed E-state index contributed by atoms with van der Waals surface area (Å²) in [6.07, 6.45) is 9.08. The Morgan fingerprint density at radius 1 is 1.00 bits per heavy atom. The molecule has 2 atom stereocenters. The summed E-state index contributed by atoms with van der Waals surface area (Å²) in [4.78, 5) is 26.4. The average molecular weight is 370 g/mol. The molecule has 0 aromatic rings. The van der Waals surface area contributed by atoms with Crippen molar-refractivity contribution in [2.24, 2.45) is 11.8 Å². The van der Waals surface area contributed by atoms with Crippen molar-refractivity contribution >= 4 is 12.1 Å². The zero-order chi connectivity index (χ0) is 19.6. The van der Waals surface area contributed by atoms with Gasteiger partial charge in [0.25, 0.3) is 0 Å². The van der Waals surface area contributed by atoms with Crippen molar-refractivity contribution < 1.29 is 19.1 Å². The molecule has 0 aliphatic carbocycles. The van der Waals surface area contributed by atoms with E-state index in [1.54, 1.807) is 4.90 Å². The molecule has 2 unspecified atom stereocenters. The van der Waals surface area contributed by atoms with Crippen LogP contribution in [0.2, 0.25) is 0 Å². The molecule has 5 nitrogen and oxygen atoms in total. The number of carbonyl (C=O) groups excluding carboxylic acids is 2. The van der Waals surface area contributed by atoms with Crippen molar-refractivity contribution in [2.45, 2.75) is 91.6 Å². The number of amides is 1. The third-order valence-corrected chi connectivity index (χ3v) is 4.77. The summed E-state index contributed by atoms with van der Waals surface area (Å²) in [6, 6.07) is 0. The van der Waals surface area contributed by atoms with Gasteiger partial charge in [-0.2, -0.15) is 0 Å². The van der Waals surface area contributed by atoms with Gasteiger partial charge in [-0.25, -0.2) is 4.79 Å². The van der Waals surface area contributed by atoms with Crippen LogP contribution in [0.1, 0.15) is 86.0 Å². The second kappa shape index (κ2) is 11.5. The molecule has 5 heteroatoms. The third kappa shape index (κ3) is 8.91. The number of unbranched alkanes of at least 4 members (excludes halogenated alkanes) is 5. The maximum Gasteiger partial charge on any atom is 0.410 e. The monoisotopic (exact) mass is 369 g/mol. The van der Waals surface area contributed by atoms with E-state index < -0.39 is 5.60 Å². The van der Waals surface area contributed by atoms with Gasteiger partial charge in [0.05, 0.1) is 12.5 Å². The zero-order valence-electron chi connectivity index (χ0n) is 17.5. The van der Waals surface area contributed by atoms with Crippen LogP contribution in [-0.2, 0) is 14.3 Å². The topological polar surface area (TPSA) is 55.8 Å². The van der Waals surface area contributed by atoms with Crippen LogP contribution >= 0.6 is 0 Å². The Labute approximate surface area is 159 Å². The number of rotatable bonds is 9. The smallest absolute Gasteiger partial charge is 0.410 e. The fourth-order valence-electron chi connectivity index (χ4n) is 3.53. The van der Waals surface area contributed by atoms with E-state index in [2.05, 4.69) is 6.92 Å². The lowest BCUT2D eigenvalue weighted by molar-refractivity contribution is -0.150. The number of esters is 1. The molecule has 1 aliphatic rings. The molecule has 0 N–H and O–H groups in total. The highest BCUT2D eigenvalue weighted by Gasteiger charge is 2.36. The molecule has 0 aromatic carbocycles. The highest BCUT2D eigenvalue weighted by atomic mass is 16.6. The van der Waals surface area contributed by atoms with Crippen molar-refractivity contribution in [2.75, 3.05) is 19.7 Å². The number of piperidine rings is 1. The largest absolute Gasteiger partial charge is 0.466 e. The van der Waals surface area contributed by atoms with Gasteiger partial charge in [0.15, 0.2) is 0 Å². The van der Waals surface area contributed by atoms with E-state index >= 15 is 0 Å². The van der Waals surface area contributed by atoms with Gasteiger partial charge < -0.3 is 14.4 Å². The molecule has 1 amide bonds. The highest BCUT2D eigenvalue weighted by molar-refractivity contribution is 5.75. The van der Waals surface area contributed by atoms with Crippen LogP contribution in [0.25, 0.3) is 0 Å². The molecule has 1 fully saturated rings. The molecule has 1 saturated heterocycles. The van der Waals surface area contributed by atoms with E-state index in [0.717, 1.165) is 19.3 Å². The van der Waals surface area contributed by atoms with Crippen LogP contribution in [0.15, 0.2) is 0 Å². The Morgan fingerprint density at radius 2 is 1.65 bits per heavy atom. The predicted octanol–water partition coefficient (Wildman–Crippen LogP) is 5.17. The maximum atomic E-state index is 12.5. The second-order valence-corrected chi connectivity index (χ2v) is 8.49. The SMILES string of the molecule is CCCCCCCCC1CC(C(=O)OCC)CN(C(=O)OC(C)(C)C)C1. The van der Waals surface area contributed by atoms with Gasteiger partial charge in [-0.1, -0.05) is 45.4 Å². The molecular formula is C21H39NO4. The van der Waals surface area contributed by atoms with Crippen molar-refractivity contribution in [3.8, 4) is 0 Å². The van der Waals surface area contributed by atoms with Gasteiger partial charge in [0, 0.05) is 13.1 Å². The van der Waals surface area contributed by atoms with Crippen molar-refractivity contribution in [1.29, 1.82) is 0 Å². The van der Waals surface area contributed by atoms with Gasteiger partial charge in [0.1, 0.15) is 5.60 Å². The molecule has 152 valence electrons. The summed E-state index contributed by atoms with van der Waals surface area (Å²) < 4.78 is 10.7. The van der Waals surface area contributed by atoms with Gasteiger partial charge in [-0.3, -0.25) is 4.79 Å². The number of carbonyl (C=O) groups is 2. The molecule has 0 radical (unpaired) electrons. The minimum Gasteiger partial charge on any atom is -0.466 e. The van der Waals surface area contributed by atoms with Crippen LogP contribution in [0.4, 0.5) is 4.79 Å². The average Bonchev–Trinajstić information content (AvgIpc) is 2.56. The van der Waals surface area contributed by atoms with Gasteiger partial charge in [-0.05, 0) is 46.5 Å². The number of likely N-dealkylation sites (tertiary alicyclic amines) is 1. The lowest BCUT2D eigenvalue weighted by atomic mass is 9.86. The fourth-order valence-corrected chi connectivity index (χ4v) is 3.53. The number of ether oxygens (including phenoxy) is 2. The van der Waals surface area contributed by atoms with Crippen LogP contribution in [0, 0.1) is 11.8 Å². The Hall–Kier alpha value is -1.26. The van der Waals surface area contributed by atoms with Gasteiger partial charge in [0.2, 0.25) is 0 Å². The Balaban J connectivity index is 2.59. The lowest BCUT2D eigenvalue weighted by Crippen LogP contribution is -2.48. The molecule has 26 heavy (non-hydrogen) atoms. The minimum absolute atomic E-state index is 0.186. The first kappa shape index (κ1) is 22.8. The molecular weight excluding hydrogens is 330 g/mol.